The summed E-state index contributed by atoms with van der Waals surface area (Å²) in [6.45, 7) is 1.27. The molecule has 0 aromatic heterocycles. The van der Waals surface area contributed by atoms with Gasteiger partial charge in [0.2, 0.25) is 9.84 Å². The van der Waals surface area contributed by atoms with E-state index in [-0.39, 0.29) is 0 Å². The largest absolute Gasteiger partial charge is 0.388 e. The van der Waals surface area contributed by atoms with E-state index >= 15 is 0 Å². The molecule has 0 saturated carbocycles. The molecule has 0 aromatic carbocycles. The monoisotopic (exact) mass is 252 g/mol. The summed E-state index contributed by atoms with van der Waals surface area (Å²) in [7, 11) is -8.04. The fraction of sp³-hybridized carbons (Fsp3) is 0.333. The smallest absolute Gasteiger partial charge is 0.297 e. The number of nitrogens with zero attached hydrogens (tertiary/aromatic N) is 1. The van der Waals surface area contributed by atoms with Gasteiger partial charge in [0.25, 0.3) is 15.1 Å². The molecule has 0 amide bonds. The van der Waals surface area contributed by atoms with Gasteiger partial charge in [0.15, 0.2) is 5.03 Å². The Morgan fingerprint density at radius 1 is 1.53 bits per heavy atom. The topological polar surface area (TPSA) is 124 Å². The molecular formula is C6H8N2O5S2. The van der Waals surface area contributed by atoms with Crippen LogP contribution in [0.2, 0.25) is 0 Å². The highest BCUT2D eigenvalue weighted by molar-refractivity contribution is 8.08. The van der Waals surface area contributed by atoms with Crippen molar-refractivity contribution in [3.05, 3.63) is 11.1 Å². The number of sulfone groups is 1. The second-order valence-corrected chi connectivity index (χ2v) is 6.47. The fourth-order valence-corrected chi connectivity index (χ4v) is 2.31. The van der Waals surface area contributed by atoms with Gasteiger partial charge in [-0.3, -0.25) is 4.79 Å². The van der Waals surface area contributed by atoms with Crippen molar-refractivity contribution in [2.24, 2.45) is 10.1 Å². The molecule has 1 heterocycles. The summed E-state index contributed by atoms with van der Waals surface area (Å²) >= 11 is 0. The molecule has 7 nitrogen and oxygen atoms in total. The summed E-state index contributed by atoms with van der Waals surface area (Å²) in [5, 5.41) is -1.95. The average molecular weight is 252 g/mol. The normalized spacial score (nSPS) is 19.5. The highest BCUT2D eigenvalue weighted by Gasteiger charge is 2.32. The van der Waals surface area contributed by atoms with Gasteiger partial charge in [-0.05, 0) is 0 Å². The van der Waals surface area contributed by atoms with Crippen LogP contribution >= 0.6 is 0 Å². The van der Waals surface area contributed by atoms with Crippen molar-refractivity contribution >= 4 is 30.7 Å². The first kappa shape index (κ1) is 11.9. The van der Waals surface area contributed by atoms with Gasteiger partial charge in [-0.25, -0.2) is 8.42 Å². The van der Waals surface area contributed by atoms with Gasteiger partial charge in [0.1, 0.15) is 5.71 Å². The average Bonchev–Trinajstić information content (AvgIpc) is 2.40. The molecule has 0 fully saturated rings. The summed E-state index contributed by atoms with van der Waals surface area (Å²) in [6, 6.07) is 0. The lowest BCUT2D eigenvalue weighted by molar-refractivity contribution is -0.106. The summed E-state index contributed by atoms with van der Waals surface area (Å²) in [6.07, 6.45) is 0.741. The van der Waals surface area contributed by atoms with Gasteiger partial charge in [-0.2, -0.15) is 12.8 Å². The zero-order valence-electron chi connectivity index (χ0n) is 7.67. The third-order valence-corrected chi connectivity index (χ3v) is 4.35. The van der Waals surface area contributed by atoms with Crippen LogP contribution < -0.4 is 5.73 Å². The van der Waals surface area contributed by atoms with Crippen molar-refractivity contribution in [3.63, 3.8) is 0 Å². The number of hydrogen-bond donors (Lipinski definition) is 1. The van der Waals surface area contributed by atoms with Crippen LogP contribution in [0.1, 0.15) is 6.92 Å². The van der Waals surface area contributed by atoms with E-state index in [2.05, 4.69) is 4.40 Å². The maximum absolute atomic E-state index is 11.2. The van der Waals surface area contributed by atoms with E-state index in [1.165, 1.54) is 6.92 Å². The maximum Gasteiger partial charge on any atom is 0.297 e. The molecule has 0 spiro atoms. The van der Waals surface area contributed by atoms with Crippen molar-refractivity contribution < 1.29 is 21.6 Å². The molecule has 1 rings (SSSR count). The third kappa shape index (κ3) is 2.07. The molecule has 0 saturated heterocycles. The standard InChI is InChI=1S/C6H8N2O5S2/c1-2-14(10,11)6(9)4-3-5(7)15(12,13)8-4/h3H,2,7H2,1H3. The molecule has 0 aromatic rings. The Hall–Kier alpha value is -1.22. The van der Waals surface area contributed by atoms with Crippen LogP contribution in [-0.4, -0.2) is 33.4 Å². The molecule has 0 bridgehead atoms. The molecule has 84 valence electrons. The van der Waals surface area contributed by atoms with Gasteiger partial charge < -0.3 is 5.73 Å². The molecule has 0 unspecified atom stereocenters. The maximum atomic E-state index is 11.2. The second-order valence-electron chi connectivity index (χ2n) is 2.69. The zero-order chi connectivity index (χ0) is 11.9. The number of rotatable bonds is 2. The van der Waals surface area contributed by atoms with E-state index in [4.69, 9.17) is 5.73 Å². The number of allylic oxidation sites excluding steroid dienone is 1. The van der Waals surface area contributed by atoms with Crippen LogP contribution in [0.3, 0.4) is 0 Å². The van der Waals surface area contributed by atoms with Gasteiger partial charge in [0.05, 0.1) is 5.75 Å². The molecule has 1 aliphatic heterocycles. The van der Waals surface area contributed by atoms with E-state index < -0.39 is 41.5 Å². The summed E-state index contributed by atoms with van der Waals surface area (Å²) in [4.78, 5) is 11.2. The Labute approximate surface area is 86.7 Å². The highest BCUT2D eigenvalue weighted by Crippen LogP contribution is 2.13. The lowest BCUT2D eigenvalue weighted by Gasteiger charge is -1.95. The Morgan fingerprint density at radius 3 is 2.40 bits per heavy atom. The molecule has 15 heavy (non-hydrogen) atoms. The van der Waals surface area contributed by atoms with E-state index in [1.54, 1.807) is 0 Å². The SMILES string of the molecule is CCS(=O)(=O)C(=O)C1=NS(=O)(=O)C(N)=C1. The van der Waals surface area contributed by atoms with Gasteiger partial charge >= 0.3 is 0 Å². The third-order valence-electron chi connectivity index (χ3n) is 1.67. The lowest BCUT2D eigenvalue weighted by atomic mass is 10.4. The van der Waals surface area contributed by atoms with E-state index in [0.717, 1.165) is 6.08 Å². The number of hydrogen-bond acceptors (Lipinski definition) is 6. The number of sulfonamides is 1. The molecule has 0 radical (unpaired) electrons. The van der Waals surface area contributed by atoms with Crippen molar-refractivity contribution in [2.75, 3.05) is 5.75 Å². The lowest BCUT2D eigenvalue weighted by Crippen LogP contribution is -2.23. The number of nitrogens with two attached hydrogens (primary N) is 1. The Balaban J connectivity index is 3.23. The van der Waals surface area contributed by atoms with Crippen LogP contribution in [0.5, 0.6) is 0 Å². The van der Waals surface area contributed by atoms with Crippen LogP contribution in [0, 0.1) is 0 Å². The minimum absolute atomic E-state index is 0.418. The van der Waals surface area contributed by atoms with E-state index in [1.807, 2.05) is 0 Å². The number of carbonyl (C=O) groups excluding carboxylic acids is 1. The van der Waals surface area contributed by atoms with Gasteiger partial charge in [-0.1, -0.05) is 6.92 Å². The molecule has 9 heteroatoms. The van der Waals surface area contributed by atoms with Gasteiger partial charge in [-0.15, -0.1) is 0 Å². The van der Waals surface area contributed by atoms with Crippen LogP contribution in [-0.2, 0) is 24.7 Å². The summed E-state index contributed by atoms with van der Waals surface area (Å²) in [5.41, 5.74) is 4.38. The van der Waals surface area contributed by atoms with Gasteiger partial charge in [0, 0.05) is 6.08 Å². The molecule has 1 aliphatic rings. The highest BCUT2D eigenvalue weighted by atomic mass is 32.2. The van der Waals surface area contributed by atoms with Crippen molar-refractivity contribution in [1.29, 1.82) is 0 Å². The van der Waals surface area contributed by atoms with E-state index in [0.29, 0.717) is 0 Å². The van der Waals surface area contributed by atoms with Crippen LogP contribution in [0.4, 0.5) is 0 Å². The van der Waals surface area contributed by atoms with E-state index in [9.17, 15) is 21.6 Å². The van der Waals surface area contributed by atoms with Crippen molar-refractivity contribution in [1.82, 2.24) is 0 Å². The molecule has 2 N–H and O–H groups in total. The Kier molecular flexibility index (Phi) is 2.70. The zero-order valence-corrected chi connectivity index (χ0v) is 9.30. The first-order valence-electron chi connectivity index (χ1n) is 3.80. The molecule has 0 aliphatic carbocycles. The van der Waals surface area contributed by atoms with Crippen LogP contribution in [0.15, 0.2) is 15.5 Å². The second kappa shape index (κ2) is 3.42. The Morgan fingerprint density at radius 2 is 2.07 bits per heavy atom. The first-order chi connectivity index (χ1) is 6.70. The predicted octanol–water partition coefficient (Wildman–Crippen LogP) is -1.47. The summed E-state index contributed by atoms with van der Waals surface area (Å²) < 4.78 is 47.1. The van der Waals surface area contributed by atoms with Crippen LogP contribution in [0.25, 0.3) is 0 Å². The van der Waals surface area contributed by atoms with Crippen molar-refractivity contribution in [2.45, 2.75) is 6.92 Å². The fourth-order valence-electron chi connectivity index (χ4n) is 0.804. The Bertz CT molecular complexity index is 567. The first-order valence-corrected chi connectivity index (χ1v) is 6.89. The quantitative estimate of drug-likeness (QED) is 0.640. The van der Waals surface area contributed by atoms with Crippen molar-refractivity contribution in [3.8, 4) is 0 Å². The minimum Gasteiger partial charge on any atom is -0.388 e. The predicted molar refractivity (Wildman–Crippen MR) is 53.1 cm³/mol. The summed E-state index contributed by atoms with van der Waals surface area (Å²) in [5.74, 6) is -0.418. The molecule has 0 atom stereocenters. The number of carbonyl (C=O) groups is 1. The molecular weight excluding hydrogens is 244 g/mol. The minimum atomic E-state index is -4.05.